The van der Waals surface area contributed by atoms with E-state index in [0.717, 1.165) is 12.3 Å². The molecule has 1 aliphatic carbocycles. The van der Waals surface area contributed by atoms with Crippen LogP contribution in [-0.4, -0.2) is 30.0 Å². The zero-order valence-electron chi connectivity index (χ0n) is 11.4. The molecular formula is C13H25NO3. The lowest BCUT2D eigenvalue weighted by atomic mass is 9.85. The lowest BCUT2D eigenvalue weighted by Gasteiger charge is -2.28. The summed E-state index contributed by atoms with van der Waals surface area (Å²) in [6.07, 6.45) is 3.07. The maximum Gasteiger partial charge on any atom is 0.407 e. The van der Waals surface area contributed by atoms with E-state index in [9.17, 15) is 9.90 Å². The first kappa shape index (κ1) is 14.3. The molecule has 4 heteroatoms. The molecule has 0 saturated heterocycles. The minimum atomic E-state index is -0.476. The molecule has 1 aliphatic rings. The molecule has 100 valence electrons. The largest absolute Gasteiger partial charge is 0.444 e. The maximum absolute atomic E-state index is 11.5. The molecule has 0 heterocycles. The average molecular weight is 243 g/mol. The van der Waals surface area contributed by atoms with Gasteiger partial charge in [0.15, 0.2) is 0 Å². The third-order valence-electron chi connectivity index (χ3n) is 2.92. The predicted octanol–water partition coefficient (Wildman–Crippen LogP) is 2.31. The van der Waals surface area contributed by atoms with Gasteiger partial charge in [0.1, 0.15) is 5.60 Å². The van der Waals surface area contributed by atoms with E-state index in [-0.39, 0.29) is 12.0 Å². The molecule has 1 saturated carbocycles. The number of nitrogens with one attached hydrogen (secondary N) is 1. The number of ether oxygens (including phenoxy) is 1. The number of alkyl carbamates (subject to hydrolysis) is 1. The van der Waals surface area contributed by atoms with Crippen molar-refractivity contribution in [3.8, 4) is 0 Å². The molecule has 17 heavy (non-hydrogen) atoms. The van der Waals surface area contributed by atoms with E-state index < -0.39 is 11.7 Å². The average Bonchev–Trinajstić information content (AvgIpc) is 2.96. The highest BCUT2D eigenvalue weighted by Crippen LogP contribution is 2.39. The Morgan fingerprint density at radius 2 is 1.94 bits per heavy atom. The Balaban J connectivity index is 2.33. The van der Waals surface area contributed by atoms with Crippen LogP contribution in [0.4, 0.5) is 4.79 Å². The smallest absolute Gasteiger partial charge is 0.407 e. The number of carbonyl (C=O) groups excluding carboxylic acids is 1. The van der Waals surface area contributed by atoms with Gasteiger partial charge < -0.3 is 15.2 Å². The van der Waals surface area contributed by atoms with Crippen molar-refractivity contribution in [1.82, 2.24) is 5.32 Å². The third kappa shape index (κ3) is 5.91. The van der Waals surface area contributed by atoms with Crippen molar-refractivity contribution in [2.75, 3.05) is 13.2 Å². The highest BCUT2D eigenvalue weighted by atomic mass is 16.6. The lowest BCUT2D eigenvalue weighted by molar-refractivity contribution is 0.0468. The minimum absolute atomic E-state index is 0.0965. The number of rotatable bonds is 5. The number of aliphatic hydroxyl groups excluding tert-OH is 1. The van der Waals surface area contributed by atoms with Crippen molar-refractivity contribution >= 4 is 6.09 Å². The zero-order valence-corrected chi connectivity index (χ0v) is 11.4. The molecule has 0 aromatic carbocycles. The second kappa shape index (κ2) is 5.25. The fraction of sp³-hybridized carbons (Fsp3) is 0.923. The van der Waals surface area contributed by atoms with Gasteiger partial charge in [0.2, 0.25) is 0 Å². The van der Waals surface area contributed by atoms with Crippen molar-refractivity contribution in [1.29, 1.82) is 0 Å². The number of hydrogen-bond donors (Lipinski definition) is 2. The topological polar surface area (TPSA) is 58.6 Å². The number of amides is 1. The van der Waals surface area contributed by atoms with E-state index in [0.29, 0.717) is 6.54 Å². The Labute approximate surface area is 104 Å². The molecule has 0 spiro atoms. The molecule has 0 bridgehead atoms. The summed E-state index contributed by atoms with van der Waals surface area (Å²) in [6.45, 7) is 8.07. The molecule has 1 unspecified atom stereocenters. The summed E-state index contributed by atoms with van der Waals surface area (Å²) in [5.41, 5.74) is -0.700. The molecule has 1 amide bonds. The fourth-order valence-electron chi connectivity index (χ4n) is 1.81. The molecule has 1 rings (SSSR count). The van der Waals surface area contributed by atoms with E-state index in [1.807, 2.05) is 27.7 Å². The van der Waals surface area contributed by atoms with Crippen LogP contribution < -0.4 is 5.32 Å². The van der Waals surface area contributed by atoms with Gasteiger partial charge in [-0.3, -0.25) is 0 Å². The van der Waals surface area contributed by atoms with E-state index in [2.05, 4.69) is 5.32 Å². The van der Waals surface area contributed by atoms with Gasteiger partial charge in [0.25, 0.3) is 0 Å². The van der Waals surface area contributed by atoms with E-state index in [1.54, 1.807) is 0 Å². The first-order valence-corrected chi connectivity index (χ1v) is 6.32. The SMILES string of the molecule is CC(CO)(CNC(=O)OC(C)(C)C)CC1CC1. The van der Waals surface area contributed by atoms with Crippen LogP contribution in [0.2, 0.25) is 0 Å². The molecule has 2 N–H and O–H groups in total. The van der Waals surface area contributed by atoms with Crippen molar-refractivity contribution < 1.29 is 14.6 Å². The molecule has 0 aromatic rings. The summed E-state index contributed by atoms with van der Waals surface area (Å²) >= 11 is 0. The molecular weight excluding hydrogens is 218 g/mol. The predicted molar refractivity (Wildman–Crippen MR) is 66.8 cm³/mol. The maximum atomic E-state index is 11.5. The molecule has 4 nitrogen and oxygen atoms in total. The Hall–Kier alpha value is -0.770. The van der Waals surface area contributed by atoms with Gasteiger partial charge in [-0.05, 0) is 33.1 Å². The summed E-state index contributed by atoms with van der Waals surface area (Å²) in [6, 6.07) is 0. The van der Waals surface area contributed by atoms with Crippen LogP contribution in [0.1, 0.15) is 47.0 Å². The Bertz CT molecular complexity index is 268. The van der Waals surface area contributed by atoms with Crippen molar-refractivity contribution in [3.63, 3.8) is 0 Å². The van der Waals surface area contributed by atoms with Gasteiger partial charge in [0, 0.05) is 12.0 Å². The van der Waals surface area contributed by atoms with Gasteiger partial charge in [-0.25, -0.2) is 4.79 Å². The van der Waals surface area contributed by atoms with Crippen LogP contribution in [-0.2, 0) is 4.74 Å². The van der Waals surface area contributed by atoms with Gasteiger partial charge in [-0.1, -0.05) is 19.8 Å². The minimum Gasteiger partial charge on any atom is -0.444 e. The summed E-state index contributed by atoms with van der Waals surface area (Å²) in [5, 5.41) is 12.2. The van der Waals surface area contributed by atoms with E-state index in [4.69, 9.17) is 4.74 Å². The third-order valence-corrected chi connectivity index (χ3v) is 2.92. The lowest BCUT2D eigenvalue weighted by Crippen LogP contribution is -2.41. The first-order valence-electron chi connectivity index (χ1n) is 6.32. The normalized spacial score (nSPS) is 19.6. The van der Waals surface area contributed by atoms with Crippen LogP contribution in [0.25, 0.3) is 0 Å². The quantitative estimate of drug-likeness (QED) is 0.779. The van der Waals surface area contributed by atoms with Gasteiger partial charge >= 0.3 is 6.09 Å². The fourth-order valence-corrected chi connectivity index (χ4v) is 1.81. The van der Waals surface area contributed by atoms with Crippen LogP contribution in [0.3, 0.4) is 0 Å². The number of hydrogen-bond acceptors (Lipinski definition) is 3. The Morgan fingerprint density at radius 1 is 1.35 bits per heavy atom. The highest BCUT2D eigenvalue weighted by Gasteiger charge is 2.33. The summed E-state index contributed by atoms with van der Waals surface area (Å²) in [5.74, 6) is 0.729. The Morgan fingerprint density at radius 3 is 2.35 bits per heavy atom. The van der Waals surface area contributed by atoms with Crippen molar-refractivity contribution in [2.45, 2.75) is 52.6 Å². The van der Waals surface area contributed by atoms with Crippen LogP contribution in [0, 0.1) is 11.3 Å². The van der Waals surface area contributed by atoms with E-state index >= 15 is 0 Å². The van der Waals surface area contributed by atoms with Crippen molar-refractivity contribution in [2.24, 2.45) is 11.3 Å². The second-order valence-electron chi connectivity index (χ2n) is 6.47. The summed E-state index contributed by atoms with van der Waals surface area (Å²) < 4.78 is 5.17. The second-order valence-corrected chi connectivity index (χ2v) is 6.47. The molecule has 1 fully saturated rings. The van der Waals surface area contributed by atoms with Gasteiger partial charge in [-0.15, -0.1) is 0 Å². The Kier molecular flexibility index (Phi) is 4.42. The highest BCUT2D eigenvalue weighted by molar-refractivity contribution is 5.67. The monoisotopic (exact) mass is 243 g/mol. The van der Waals surface area contributed by atoms with Gasteiger partial charge in [0.05, 0.1) is 6.61 Å². The molecule has 1 atom stereocenters. The van der Waals surface area contributed by atoms with Crippen LogP contribution >= 0.6 is 0 Å². The number of aliphatic hydroxyl groups is 1. The van der Waals surface area contributed by atoms with Crippen molar-refractivity contribution in [3.05, 3.63) is 0 Å². The van der Waals surface area contributed by atoms with E-state index in [1.165, 1.54) is 12.8 Å². The summed E-state index contributed by atoms with van der Waals surface area (Å²) in [7, 11) is 0. The summed E-state index contributed by atoms with van der Waals surface area (Å²) in [4.78, 5) is 11.5. The van der Waals surface area contributed by atoms with Gasteiger partial charge in [-0.2, -0.15) is 0 Å². The molecule has 0 radical (unpaired) electrons. The molecule has 0 aromatic heterocycles. The zero-order chi connectivity index (χ0) is 13.1. The standard InChI is InChI=1S/C13H25NO3/c1-12(2,3)17-11(16)14-8-13(4,9-15)7-10-5-6-10/h10,15H,5-9H2,1-4H3,(H,14,16). The van der Waals surface area contributed by atoms with Crippen LogP contribution in [0.5, 0.6) is 0 Å². The first-order chi connectivity index (χ1) is 7.74. The molecule has 0 aliphatic heterocycles. The number of carbonyl (C=O) groups is 1. The van der Waals surface area contributed by atoms with Crippen LogP contribution in [0.15, 0.2) is 0 Å².